The third-order valence-electron chi connectivity index (χ3n) is 2.55. The largest absolute Gasteiger partial charge is 0.453 e. The fourth-order valence-electron chi connectivity index (χ4n) is 1.49. The summed E-state index contributed by atoms with van der Waals surface area (Å²) in [6.45, 7) is 0.456. The number of nitrogens with one attached hydrogen (secondary N) is 2. The fourth-order valence-corrected chi connectivity index (χ4v) is 1.68. The molecule has 0 saturated carbocycles. The highest BCUT2D eigenvalue weighted by Crippen LogP contribution is 2.13. The first kappa shape index (κ1) is 16.1. The van der Waals surface area contributed by atoms with Crippen molar-refractivity contribution in [2.75, 3.05) is 26.1 Å². The minimum atomic E-state index is -0.414. The molecule has 0 bridgehead atoms. The lowest BCUT2D eigenvalue weighted by molar-refractivity contribution is -0.120. The maximum Gasteiger partial charge on any atom is 0.409 e. The molecule has 0 aliphatic carbocycles. The Labute approximate surface area is 123 Å². The maximum atomic E-state index is 11.6. The van der Waals surface area contributed by atoms with Gasteiger partial charge in [-0.15, -0.1) is 0 Å². The van der Waals surface area contributed by atoms with Crippen molar-refractivity contribution in [3.05, 3.63) is 29.3 Å². The van der Waals surface area contributed by atoms with Gasteiger partial charge in [-0.25, -0.2) is 4.79 Å². The van der Waals surface area contributed by atoms with Crippen LogP contribution < -0.4 is 10.9 Å². The van der Waals surface area contributed by atoms with Crippen molar-refractivity contribution in [3.8, 4) is 0 Å². The van der Waals surface area contributed by atoms with Crippen LogP contribution in [0.1, 0.15) is 12.8 Å². The molecule has 2 N–H and O–H groups in total. The number of methoxy groups -OCH3 is 1. The van der Waals surface area contributed by atoms with E-state index in [1.165, 1.54) is 12.0 Å². The van der Waals surface area contributed by atoms with Gasteiger partial charge in [0.1, 0.15) is 0 Å². The molecular weight excluding hydrogens is 282 g/mol. The van der Waals surface area contributed by atoms with Gasteiger partial charge in [0.25, 0.3) is 0 Å². The number of halogens is 1. The predicted octanol–water partition coefficient (Wildman–Crippen LogP) is 2.26. The van der Waals surface area contributed by atoms with Gasteiger partial charge in [-0.1, -0.05) is 17.7 Å². The van der Waals surface area contributed by atoms with Crippen LogP contribution in [-0.2, 0) is 9.53 Å². The molecule has 1 aromatic carbocycles. The van der Waals surface area contributed by atoms with Crippen LogP contribution in [0.25, 0.3) is 0 Å². The Morgan fingerprint density at radius 2 is 2.15 bits per heavy atom. The molecule has 0 spiro atoms. The van der Waals surface area contributed by atoms with Gasteiger partial charge in [-0.05, 0) is 24.6 Å². The van der Waals surface area contributed by atoms with Crippen LogP contribution in [-0.4, -0.2) is 37.6 Å². The molecule has 0 aliphatic rings. The second kappa shape index (κ2) is 8.27. The zero-order valence-corrected chi connectivity index (χ0v) is 12.2. The van der Waals surface area contributed by atoms with E-state index in [0.717, 1.165) is 0 Å². The molecule has 0 radical (unpaired) electrons. The Balaban J connectivity index is 2.22. The zero-order valence-electron chi connectivity index (χ0n) is 11.5. The van der Waals surface area contributed by atoms with Gasteiger partial charge >= 0.3 is 6.09 Å². The van der Waals surface area contributed by atoms with Crippen LogP contribution in [0.5, 0.6) is 0 Å². The Kier molecular flexibility index (Phi) is 6.66. The van der Waals surface area contributed by atoms with Crippen molar-refractivity contribution in [1.29, 1.82) is 0 Å². The molecule has 0 aromatic heterocycles. The molecule has 0 heterocycles. The molecular formula is C13H18ClN3O3. The molecule has 20 heavy (non-hydrogen) atoms. The number of hydrogen-bond donors (Lipinski definition) is 2. The third kappa shape index (κ3) is 5.79. The Hall–Kier alpha value is -1.95. The van der Waals surface area contributed by atoms with Crippen molar-refractivity contribution in [2.45, 2.75) is 12.8 Å². The van der Waals surface area contributed by atoms with Crippen molar-refractivity contribution in [1.82, 2.24) is 10.3 Å². The van der Waals surface area contributed by atoms with Crippen molar-refractivity contribution in [3.63, 3.8) is 0 Å². The lowest BCUT2D eigenvalue weighted by Crippen LogP contribution is -2.31. The number of nitrogens with zero attached hydrogens (tertiary/aromatic N) is 1. The minimum absolute atomic E-state index is 0.164. The van der Waals surface area contributed by atoms with Crippen molar-refractivity contribution >= 4 is 29.3 Å². The Morgan fingerprint density at radius 1 is 1.40 bits per heavy atom. The topological polar surface area (TPSA) is 70.7 Å². The molecule has 0 atom stereocenters. The molecule has 0 unspecified atom stereocenters. The normalized spacial score (nSPS) is 9.75. The first-order valence-corrected chi connectivity index (χ1v) is 6.50. The maximum absolute atomic E-state index is 11.6. The predicted molar refractivity (Wildman–Crippen MR) is 77.5 cm³/mol. The van der Waals surface area contributed by atoms with Gasteiger partial charge in [-0.3, -0.25) is 15.6 Å². The molecule has 1 rings (SSSR count). The van der Waals surface area contributed by atoms with Crippen molar-refractivity contribution in [2.24, 2.45) is 0 Å². The quantitative estimate of drug-likeness (QED) is 0.791. The lowest BCUT2D eigenvalue weighted by Gasteiger charge is -2.15. The van der Waals surface area contributed by atoms with E-state index in [2.05, 4.69) is 15.6 Å². The molecule has 0 aliphatic heterocycles. The number of amides is 2. The number of benzene rings is 1. The summed E-state index contributed by atoms with van der Waals surface area (Å²) >= 11 is 5.82. The summed E-state index contributed by atoms with van der Waals surface area (Å²) < 4.78 is 4.55. The van der Waals surface area contributed by atoms with Gasteiger partial charge in [0.2, 0.25) is 5.91 Å². The first-order chi connectivity index (χ1) is 9.52. The number of hydrogen-bond acceptors (Lipinski definition) is 4. The Morgan fingerprint density at radius 3 is 2.80 bits per heavy atom. The molecule has 110 valence electrons. The van der Waals surface area contributed by atoms with Gasteiger partial charge in [0, 0.05) is 25.0 Å². The first-order valence-electron chi connectivity index (χ1n) is 6.12. The molecule has 0 fully saturated rings. The average molecular weight is 300 g/mol. The summed E-state index contributed by atoms with van der Waals surface area (Å²) in [7, 11) is 2.94. The van der Waals surface area contributed by atoms with E-state index in [9.17, 15) is 9.59 Å². The van der Waals surface area contributed by atoms with E-state index in [1.807, 2.05) is 0 Å². The van der Waals surface area contributed by atoms with Crippen LogP contribution >= 0.6 is 11.6 Å². The fraction of sp³-hybridized carbons (Fsp3) is 0.385. The van der Waals surface area contributed by atoms with Gasteiger partial charge in [-0.2, -0.15) is 0 Å². The van der Waals surface area contributed by atoms with E-state index < -0.39 is 6.09 Å². The van der Waals surface area contributed by atoms with Gasteiger partial charge in [0.15, 0.2) is 0 Å². The number of carbonyl (C=O) groups is 2. The minimum Gasteiger partial charge on any atom is -0.453 e. The number of anilines is 1. The molecule has 0 saturated heterocycles. The highest BCUT2D eigenvalue weighted by molar-refractivity contribution is 6.30. The number of rotatable bonds is 6. The smallest absolute Gasteiger partial charge is 0.409 e. The van der Waals surface area contributed by atoms with Crippen LogP contribution in [0.2, 0.25) is 5.02 Å². The number of carbonyl (C=O) groups excluding carboxylic acids is 2. The monoisotopic (exact) mass is 299 g/mol. The highest BCUT2D eigenvalue weighted by Gasteiger charge is 2.08. The SMILES string of the molecule is COC(=O)N(C)CCCC(=O)NNc1cccc(Cl)c1. The van der Waals surface area contributed by atoms with Crippen LogP contribution in [0.15, 0.2) is 24.3 Å². The second-order valence-electron chi connectivity index (χ2n) is 4.18. The summed E-state index contributed by atoms with van der Waals surface area (Å²) in [6.07, 6.45) is 0.436. The lowest BCUT2D eigenvalue weighted by atomic mass is 10.3. The van der Waals surface area contributed by atoms with Crippen LogP contribution in [0, 0.1) is 0 Å². The van der Waals surface area contributed by atoms with Crippen LogP contribution in [0.4, 0.5) is 10.5 Å². The number of hydrazine groups is 1. The summed E-state index contributed by atoms with van der Waals surface area (Å²) in [5.41, 5.74) is 6.03. The average Bonchev–Trinajstić information content (AvgIpc) is 2.44. The second-order valence-corrected chi connectivity index (χ2v) is 4.62. The van der Waals surface area contributed by atoms with E-state index in [-0.39, 0.29) is 5.91 Å². The molecule has 1 aromatic rings. The summed E-state index contributed by atoms with van der Waals surface area (Å²) in [5, 5.41) is 0.587. The summed E-state index contributed by atoms with van der Waals surface area (Å²) in [6, 6.07) is 7.02. The number of ether oxygens (including phenoxy) is 1. The van der Waals surface area contributed by atoms with Gasteiger partial charge in [0.05, 0.1) is 12.8 Å². The van der Waals surface area contributed by atoms with Crippen LogP contribution in [0.3, 0.4) is 0 Å². The van der Waals surface area contributed by atoms with E-state index >= 15 is 0 Å². The third-order valence-corrected chi connectivity index (χ3v) is 2.79. The van der Waals surface area contributed by atoms with E-state index in [4.69, 9.17) is 11.6 Å². The van der Waals surface area contributed by atoms with Crippen molar-refractivity contribution < 1.29 is 14.3 Å². The standard InChI is InChI=1S/C13H18ClN3O3/c1-17(13(19)20-2)8-4-7-12(18)16-15-11-6-3-5-10(14)9-11/h3,5-6,9,15H,4,7-8H2,1-2H3,(H,16,18). The molecule has 6 nitrogen and oxygen atoms in total. The summed E-state index contributed by atoms with van der Waals surface area (Å²) in [5.74, 6) is -0.164. The van der Waals surface area contributed by atoms with E-state index in [0.29, 0.717) is 30.1 Å². The summed E-state index contributed by atoms with van der Waals surface area (Å²) in [4.78, 5) is 24.1. The molecule has 2 amide bonds. The highest BCUT2D eigenvalue weighted by atomic mass is 35.5. The van der Waals surface area contributed by atoms with E-state index in [1.54, 1.807) is 31.3 Å². The Bertz CT molecular complexity index is 468. The zero-order chi connectivity index (χ0) is 15.0. The molecule has 7 heteroatoms. The van der Waals surface area contributed by atoms with Gasteiger partial charge < -0.3 is 9.64 Å².